The number of aromatic nitrogens is 3. The number of carbonyl (C=O) groups excluding carboxylic acids is 2. The molecule has 0 aromatic carbocycles. The van der Waals surface area contributed by atoms with Gasteiger partial charge >= 0.3 is 5.97 Å². The maximum absolute atomic E-state index is 13.0. The molecular formula is C21H24N4O4S2. The molecule has 8 nitrogen and oxygen atoms in total. The van der Waals surface area contributed by atoms with Gasteiger partial charge in [-0.25, -0.2) is 4.79 Å². The average Bonchev–Trinajstić information content (AvgIpc) is 3.47. The number of thioether (sulfide) groups is 1. The fraction of sp³-hybridized carbons (Fsp3) is 0.429. The Morgan fingerprint density at radius 3 is 2.90 bits per heavy atom. The first-order valence-corrected chi connectivity index (χ1v) is 11.9. The molecule has 0 spiro atoms. The Kier molecular flexibility index (Phi) is 6.47. The van der Waals surface area contributed by atoms with Gasteiger partial charge in [0.25, 0.3) is 0 Å². The average molecular weight is 461 g/mol. The number of amides is 1. The standard InChI is InChI=1S/C21H24N4O4S2/c1-4-28-20(27)16-13-8-5-6-10-15(13)31-19(16)22-18(26)12(2)30-21-24-23-17(25(21)3)14-9-7-11-29-14/h7,9,11-12H,4-6,8,10H2,1-3H3,(H,22,26). The van der Waals surface area contributed by atoms with Crippen LogP contribution in [0.5, 0.6) is 0 Å². The predicted octanol–water partition coefficient (Wildman–Crippen LogP) is 4.31. The molecule has 0 radical (unpaired) electrons. The van der Waals surface area contributed by atoms with E-state index in [1.807, 2.05) is 13.1 Å². The molecule has 3 aromatic rings. The lowest BCUT2D eigenvalue weighted by Gasteiger charge is -2.13. The minimum atomic E-state index is -0.443. The lowest BCUT2D eigenvalue weighted by atomic mass is 9.95. The van der Waals surface area contributed by atoms with Gasteiger partial charge in [-0.05, 0) is 57.2 Å². The normalized spacial score (nSPS) is 14.2. The van der Waals surface area contributed by atoms with E-state index in [-0.39, 0.29) is 11.9 Å². The minimum absolute atomic E-state index is 0.198. The maximum atomic E-state index is 13.0. The Morgan fingerprint density at radius 1 is 1.35 bits per heavy atom. The summed E-state index contributed by atoms with van der Waals surface area (Å²) in [6.45, 7) is 3.89. The van der Waals surface area contributed by atoms with Crippen molar-refractivity contribution in [2.45, 2.75) is 49.9 Å². The third kappa shape index (κ3) is 4.40. The number of carbonyl (C=O) groups is 2. The zero-order chi connectivity index (χ0) is 22.0. The van der Waals surface area contributed by atoms with Crippen LogP contribution in [0.4, 0.5) is 5.00 Å². The molecule has 0 saturated heterocycles. The Bertz CT molecular complexity index is 1090. The second-order valence-electron chi connectivity index (χ2n) is 7.23. The van der Waals surface area contributed by atoms with E-state index in [1.165, 1.54) is 28.0 Å². The molecule has 0 saturated carbocycles. The summed E-state index contributed by atoms with van der Waals surface area (Å²) in [5.41, 5.74) is 1.55. The molecule has 0 fully saturated rings. The van der Waals surface area contributed by atoms with Crippen LogP contribution in [0.2, 0.25) is 0 Å². The fourth-order valence-corrected chi connectivity index (χ4v) is 5.63. The van der Waals surface area contributed by atoms with Crippen molar-refractivity contribution >= 4 is 40.0 Å². The molecule has 1 amide bonds. The molecular weight excluding hydrogens is 436 g/mol. The summed E-state index contributed by atoms with van der Waals surface area (Å²) >= 11 is 2.79. The number of nitrogens with zero attached hydrogens (tertiary/aromatic N) is 3. The van der Waals surface area contributed by atoms with Gasteiger partial charge < -0.3 is 19.0 Å². The number of hydrogen-bond acceptors (Lipinski definition) is 8. The van der Waals surface area contributed by atoms with Crippen molar-refractivity contribution in [3.8, 4) is 11.6 Å². The highest BCUT2D eigenvalue weighted by Crippen LogP contribution is 2.39. The van der Waals surface area contributed by atoms with Crippen LogP contribution in [-0.2, 0) is 29.4 Å². The number of ether oxygens (including phenoxy) is 1. The molecule has 31 heavy (non-hydrogen) atoms. The number of aryl methyl sites for hydroxylation is 1. The van der Waals surface area contributed by atoms with Crippen molar-refractivity contribution < 1.29 is 18.7 Å². The Balaban J connectivity index is 1.51. The maximum Gasteiger partial charge on any atom is 0.341 e. The minimum Gasteiger partial charge on any atom is -0.462 e. The van der Waals surface area contributed by atoms with E-state index < -0.39 is 5.25 Å². The summed E-state index contributed by atoms with van der Waals surface area (Å²) < 4.78 is 12.4. The van der Waals surface area contributed by atoms with E-state index in [2.05, 4.69) is 15.5 Å². The van der Waals surface area contributed by atoms with E-state index in [0.29, 0.717) is 33.9 Å². The summed E-state index contributed by atoms with van der Waals surface area (Å²) in [5, 5.41) is 12.1. The molecule has 1 aliphatic rings. The van der Waals surface area contributed by atoms with Crippen LogP contribution in [0.15, 0.2) is 28.0 Å². The molecule has 0 aliphatic heterocycles. The van der Waals surface area contributed by atoms with E-state index in [9.17, 15) is 9.59 Å². The number of furan rings is 1. The number of hydrogen-bond donors (Lipinski definition) is 1. The predicted molar refractivity (Wildman–Crippen MR) is 120 cm³/mol. The Morgan fingerprint density at radius 2 is 2.16 bits per heavy atom. The number of thiophene rings is 1. The quantitative estimate of drug-likeness (QED) is 0.414. The van der Waals surface area contributed by atoms with Crippen molar-refractivity contribution in [3.05, 3.63) is 34.4 Å². The number of fused-ring (bicyclic) bond motifs is 1. The van der Waals surface area contributed by atoms with Crippen molar-refractivity contribution in [2.24, 2.45) is 7.05 Å². The molecule has 10 heteroatoms. The molecule has 3 heterocycles. The zero-order valence-corrected chi connectivity index (χ0v) is 19.3. The van der Waals surface area contributed by atoms with Gasteiger partial charge in [-0.2, -0.15) is 0 Å². The highest BCUT2D eigenvalue weighted by atomic mass is 32.2. The van der Waals surface area contributed by atoms with Crippen LogP contribution in [0, 0.1) is 0 Å². The lowest BCUT2D eigenvalue weighted by molar-refractivity contribution is -0.115. The number of rotatable bonds is 7. The number of anilines is 1. The van der Waals surface area contributed by atoms with Gasteiger partial charge in [0.15, 0.2) is 16.7 Å². The summed E-state index contributed by atoms with van der Waals surface area (Å²) in [4.78, 5) is 26.7. The van der Waals surface area contributed by atoms with E-state index in [1.54, 1.807) is 30.7 Å². The van der Waals surface area contributed by atoms with Crippen molar-refractivity contribution in [1.29, 1.82) is 0 Å². The summed E-state index contributed by atoms with van der Waals surface area (Å²) in [7, 11) is 1.83. The molecule has 1 atom stereocenters. The van der Waals surface area contributed by atoms with E-state index >= 15 is 0 Å². The largest absolute Gasteiger partial charge is 0.462 e. The van der Waals surface area contributed by atoms with Crippen LogP contribution in [-0.4, -0.2) is 38.5 Å². The van der Waals surface area contributed by atoms with Crippen molar-refractivity contribution in [3.63, 3.8) is 0 Å². The Labute approximate surface area is 188 Å². The van der Waals surface area contributed by atoms with Gasteiger partial charge in [0, 0.05) is 11.9 Å². The van der Waals surface area contributed by atoms with Crippen LogP contribution in [0.1, 0.15) is 47.5 Å². The van der Waals surface area contributed by atoms with Gasteiger partial charge in [0.2, 0.25) is 5.91 Å². The Hall–Kier alpha value is -2.59. The first kappa shape index (κ1) is 21.6. The first-order chi connectivity index (χ1) is 15.0. The van der Waals surface area contributed by atoms with Gasteiger partial charge in [-0.15, -0.1) is 21.5 Å². The van der Waals surface area contributed by atoms with Crippen molar-refractivity contribution in [1.82, 2.24) is 14.8 Å². The van der Waals surface area contributed by atoms with Gasteiger partial charge in [0.1, 0.15) is 5.00 Å². The van der Waals surface area contributed by atoms with Gasteiger partial charge in [-0.1, -0.05) is 11.8 Å². The van der Waals surface area contributed by atoms with Crippen LogP contribution < -0.4 is 5.32 Å². The summed E-state index contributed by atoms with van der Waals surface area (Å²) in [5.74, 6) is 0.642. The lowest BCUT2D eigenvalue weighted by Crippen LogP contribution is -2.23. The molecule has 1 aliphatic carbocycles. The topological polar surface area (TPSA) is 99.2 Å². The zero-order valence-electron chi connectivity index (χ0n) is 17.6. The number of esters is 1. The molecule has 1 unspecified atom stereocenters. The van der Waals surface area contributed by atoms with Gasteiger partial charge in [-0.3, -0.25) is 4.79 Å². The molecule has 4 rings (SSSR count). The molecule has 164 valence electrons. The van der Waals surface area contributed by atoms with Crippen LogP contribution >= 0.6 is 23.1 Å². The smallest absolute Gasteiger partial charge is 0.341 e. The van der Waals surface area contributed by atoms with E-state index in [0.717, 1.165) is 31.2 Å². The third-order valence-electron chi connectivity index (χ3n) is 5.12. The first-order valence-electron chi connectivity index (χ1n) is 10.2. The second kappa shape index (κ2) is 9.27. The van der Waals surface area contributed by atoms with Crippen LogP contribution in [0.3, 0.4) is 0 Å². The van der Waals surface area contributed by atoms with Crippen molar-refractivity contribution in [2.75, 3.05) is 11.9 Å². The monoisotopic (exact) mass is 460 g/mol. The van der Waals surface area contributed by atoms with Crippen LogP contribution in [0.25, 0.3) is 11.6 Å². The molecule has 1 N–H and O–H groups in total. The molecule has 3 aromatic heterocycles. The molecule has 0 bridgehead atoms. The third-order valence-corrected chi connectivity index (χ3v) is 7.46. The SMILES string of the molecule is CCOC(=O)c1c(NC(=O)C(C)Sc2nnc(-c3ccco3)n2C)sc2c1CCCC2. The summed E-state index contributed by atoms with van der Waals surface area (Å²) in [6.07, 6.45) is 5.49. The second-order valence-corrected chi connectivity index (χ2v) is 9.64. The summed E-state index contributed by atoms with van der Waals surface area (Å²) in [6, 6.07) is 3.60. The van der Waals surface area contributed by atoms with E-state index in [4.69, 9.17) is 9.15 Å². The highest BCUT2D eigenvalue weighted by molar-refractivity contribution is 8.00. The number of nitrogens with one attached hydrogen (secondary N) is 1. The van der Waals surface area contributed by atoms with Gasteiger partial charge in [0.05, 0.1) is 23.7 Å². The fourth-order valence-electron chi connectivity index (χ4n) is 3.54. The highest BCUT2D eigenvalue weighted by Gasteiger charge is 2.28.